The van der Waals surface area contributed by atoms with Gasteiger partial charge in [0.15, 0.2) is 6.10 Å². The molecule has 2 atom stereocenters. The third-order valence-corrected chi connectivity index (χ3v) is 7.12. The second kappa shape index (κ2) is 11.3. The summed E-state index contributed by atoms with van der Waals surface area (Å²) in [6.07, 6.45) is 1.68. The quantitative estimate of drug-likeness (QED) is 0.507. The Balaban J connectivity index is 1.81. The predicted octanol–water partition coefficient (Wildman–Crippen LogP) is 5.14. The van der Waals surface area contributed by atoms with Crippen molar-refractivity contribution in [2.45, 2.75) is 85.6 Å². The molecule has 36 heavy (non-hydrogen) atoms. The average molecular weight is 500 g/mol. The van der Waals surface area contributed by atoms with E-state index in [0.29, 0.717) is 25.0 Å². The van der Waals surface area contributed by atoms with Gasteiger partial charge in [-0.15, -0.1) is 0 Å². The summed E-state index contributed by atoms with van der Waals surface area (Å²) >= 11 is 0. The molecule has 0 aliphatic carbocycles. The van der Waals surface area contributed by atoms with Gasteiger partial charge in [0.1, 0.15) is 18.5 Å². The molecule has 1 N–H and O–H groups in total. The normalized spacial score (nSPS) is 21.4. The second-order valence-corrected chi connectivity index (χ2v) is 12.0. The number of likely N-dealkylation sites (tertiary alicyclic amines) is 1. The minimum absolute atomic E-state index is 0.0793. The summed E-state index contributed by atoms with van der Waals surface area (Å²) in [6.45, 7) is 17.4. The maximum atomic E-state index is 12.4. The summed E-state index contributed by atoms with van der Waals surface area (Å²) in [7, 11) is 2.06. The van der Waals surface area contributed by atoms with Crippen LogP contribution in [0, 0.1) is 12.3 Å². The molecule has 200 valence electrons. The third kappa shape index (κ3) is 7.56. The van der Waals surface area contributed by atoms with Crippen molar-refractivity contribution >= 4 is 11.7 Å². The summed E-state index contributed by atoms with van der Waals surface area (Å²) in [6, 6.07) is 8.07. The van der Waals surface area contributed by atoms with E-state index < -0.39 is 17.7 Å². The number of rotatable bonds is 9. The van der Waals surface area contributed by atoms with Crippen LogP contribution in [-0.4, -0.2) is 77.7 Å². The Morgan fingerprint density at radius 2 is 1.81 bits per heavy atom. The van der Waals surface area contributed by atoms with Crippen LogP contribution in [0.15, 0.2) is 40.5 Å². The number of carbonyl (C=O) groups is 1. The topological polar surface area (TPSA) is 74.6 Å². The molecule has 2 aliphatic rings. The number of carboxylic acid groups (broad SMARTS) is 1. The molecule has 1 aromatic carbocycles. The smallest absolute Gasteiger partial charge is 0.337 e. The lowest BCUT2D eigenvalue weighted by Gasteiger charge is -2.43. The van der Waals surface area contributed by atoms with E-state index in [0.717, 1.165) is 48.7 Å². The molecule has 0 radical (unpaired) electrons. The Bertz CT molecular complexity index is 965. The average Bonchev–Trinajstić information content (AvgIpc) is 2.78. The number of aryl methyl sites for hydroxylation is 1. The number of hydrogen-bond donors (Lipinski definition) is 1. The molecule has 0 saturated carbocycles. The molecular weight excluding hydrogens is 454 g/mol. The van der Waals surface area contributed by atoms with Gasteiger partial charge in [-0.2, -0.15) is 0 Å². The summed E-state index contributed by atoms with van der Waals surface area (Å²) in [5.74, 6) is -0.109. The molecule has 0 amide bonds. The summed E-state index contributed by atoms with van der Waals surface area (Å²) < 4.78 is 12.0. The monoisotopic (exact) mass is 499 g/mol. The first-order valence-corrected chi connectivity index (χ1v) is 13.1. The molecule has 1 unspecified atom stereocenters. The van der Waals surface area contributed by atoms with Crippen molar-refractivity contribution in [1.82, 2.24) is 9.80 Å². The summed E-state index contributed by atoms with van der Waals surface area (Å²) in [5, 5.41) is 10.2. The van der Waals surface area contributed by atoms with Gasteiger partial charge in [0.05, 0.1) is 5.60 Å². The molecule has 0 bridgehead atoms. The van der Waals surface area contributed by atoms with Crippen molar-refractivity contribution in [3.63, 3.8) is 0 Å². The van der Waals surface area contributed by atoms with Gasteiger partial charge in [-0.05, 0) is 72.1 Å². The van der Waals surface area contributed by atoms with E-state index in [1.807, 2.05) is 52.0 Å². The molecule has 7 nitrogen and oxygen atoms in total. The van der Waals surface area contributed by atoms with Gasteiger partial charge in [0, 0.05) is 43.0 Å². The van der Waals surface area contributed by atoms with Crippen LogP contribution in [0.25, 0.3) is 0 Å². The van der Waals surface area contributed by atoms with Gasteiger partial charge < -0.3 is 19.5 Å². The van der Waals surface area contributed by atoms with Gasteiger partial charge >= 0.3 is 5.97 Å². The van der Waals surface area contributed by atoms with Gasteiger partial charge in [-0.3, -0.25) is 9.89 Å². The molecule has 0 spiro atoms. The number of aliphatic imine (C=N–C) groups is 1. The van der Waals surface area contributed by atoms with Crippen LogP contribution in [0.5, 0.6) is 5.75 Å². The molecule has 1 saturated heterocycles. The van der Waals surface area contributed by atoms with Crippen LogP contribution in [0.4, 0.5) is 0 Å². The van der Waals surface area contributed by atoms with E-state index in [4.69, 9.17) is 14.5 Å². The SMILES string of the molecule is CC1=NC(N(C)CCOc2ccc(C)cc2)CC(N2CCC(C)(C)CC2)=C1[C@H](OC(C)(C)C)C(=O)O. The van der Waals surface area contributed by atoms with Crippen molar-refractivity contribution in [3.8, 4) is 5.75 Å². The van der Waals surface area contributed by atoms with Crippen molar-refractivity contribution in [1.29, 1.82) is 0 Å². The summed E-state index contributed by atoms with van der Waals surface area (Å²) in [4.78, 5) is 21.9. The fourth-order valence-corrected chi connectivity index (χ4v) is 4.78. The first kappa shape index (κ1) is 28.2. The zero-order valence-corrected chi connectivity index (χ0v) is 23.4. The highest BCUT2D eigenvalue weighted by molar-refractivity contribution is 6.05. The second-order valence-electron chi connectivity index (χ2n) is 12.0. The highest BCUT2D eigenvalue weighted by atomic mass is 16.5. The van der Waals surface area contributed by atoms with Crippen molar-refractivity contribution < 1.29 is 19.4 Å². The number of nitrogens with zero attached hydrogens (tertiary/aromatic N) is 3. The Morgan fingerprint density at radius 1 is 1.19 bits per heavy atom. The molecule has 1 fully saturated rings. The zero-order valence-electron chi connectivity index (χ0n) is 23.4. The largest absolute Gasteiger partial charge is 0.492 e. The lowest BCUT2D eigenvalue weighted by Crippen LogP contribution is -2.46. The van der Waals surface area contributed by atoms with E-state index in [1.54, 1.807) is 0 Å². The van der Waals surface area contributed by atoms with Crippen LogP contribution in [0.1, 0.15) is 66.4 Å². The number of ether oxygens (including phenoxy) is 2. The fourth-order valence-electron chi connectivity index (χ4n) is 4.78. The Hall–Kier alpha value is -2.38. The minimum atomic E-state index is -1.05. The maximum Gasteiger partial charge on any atom is 0.337 e. The van der Waals surface area contributed by atoms with E-state index in [-0.39, 0.29) is 6.17 Å². The van der Waals surface area contributed by atoms with Crippen LogP contribution in [0.3, 0.4) is 0 Å². The fraction of sp³-hybridized carbons (Fsp3) is 0.655. The number of aliphatic carboxylic acids is 1. The molecule has 0 aromatic heterocycles. The highest BCUT2D eigenvalue weighted by Gasteiger charge is 2.38. The van der Waals surface area contributed by atoms with Crippen molar-refractivity contribution in [2.75, 3.05) is 33.3 Å². The highest BCUT2D eigenvalue weighted by Crippen LogP contribution is 2.36. The van der Waals surface area contributed by atoms with Crippen molar-refractivity contribution in [2.24, 2.45) is 10.4 Å². The van der Waals surface area contributed by atoms with Gasteiger partial charge in [-0.25, -0.2) is 4.79 Å². The van der Waals surface area contributed by atoms with E-state index >= 15 is 0 Å². The van der Waals surface area contributed by atoms with E-state index in [2.05, 4.69) is 37.6 Å². The molecular formula is C29H45N3O4. The van der Waals surface area contributed by atoms with Gasteiger partial charge in [0.25, 0.3) is 0 Å². The standard InChI is InChI=1S/C29H45N3O4/c1-20-9-11-22(12-10-20)35-18-17-31(8)24-19-23(32-15-13-29(6,7)14-16-32)25(21(2)30-24)26(27(33)34)36-28(3,4)5/h9-12,24,26H,13-19H2,1-8H3,(H,33,34)/t24?,26-/m0/s1. The van der Waals surface area contributed by atoms with E-state index in [9.17, 15) is 9.90 Å². The molecule has 2 heterocycles. The number of piperidine rings is 1. The number of carboxylic acids is 1. The summed E-state index contributed by atoms with van der Waals surface area (Å²) in [5.41, 5.74) is 3.44. The number of likely N-dealkylation sites (N-methyl/N-ethyl adjacent to an activating group) is 1. The Kier molecular flexibility index (Phi) is 8.88. The van der Waals surface area contributed by atoms with Crippen molar-refractivity contribution in [3.05, 3.63) is 41.1 Å². The van der Waals surface area contributed by atoms with Gasteiger partial charge in [0.2, 0.25) is 0 Å². The third-order valence-electron chi connectivity index (χ3n) is 7.12. The molecule has 1 aromatic rings. The van der Waals surface area contributed by atoms with E-state index in [1.165, 1.54) is 5.56 Å². The van der Waals surface area contributed by atoms with Crippen LogP contribution >= 0.6 is 0 Å². The predicted molar refractivity (Wildman–Crippen MR) is 145 cm³/mol. The van der Waals surface area contributed by atoms with Crippen LogP contribution in [0.2, 0.25) is 0 Å². The lowest BCUT2D eigenvalue weighted by molar-refractivity contribution is -0.155. The van der Waals surface area contributed by atoms with Crippen LogP contribution < -0.4 is 4.74 Å². The Morgan fingerprint density at radius 3 is 2.36 bits per heavy atom. The Labute approximate surface area is 217 Å². The number of dihydropyridines is 1. The first-order chi connectivity index (χ1) is 16.8. The maximum absolute atomic E-state index is 12.4. The molecule has 3 rings (SSSR count). The lowest BCUT2D eigenvalue weighted by atomic mass is 9.82. The first-order valence-electron chi connectivity index (χ1n) is 13.1. The number of hydrogen-bond acceptors (Lipinski definition) is 6. The molecule has 2 aliphatic heterocycles. The van der Waals surface area contributed by atoms with Crippen LogP contribution in [-0.2, 0) is 9.53 Å². The van der Waals surface area contributed by atoms with Gasteiger partial charge in [-0.1, -0.05) is 31.5 Å². The minimum Gasteiger partial charge on any atom is -0.492 e. The zero-order chi connectivity index (χ0) is 26.7. The molecule has 7 heteroatoms. The number of benzene rings is 1.